The molecule has 0 bridgehead atoms. The lowest BCUT2D eigenvalue weighted by Crippen LogP contribution is -3.06. The molecule has 1 aliphatic heterocycles. The Kier molecular flexibility index (Phi) is 4.68. The predicted molar refractivity (Wildman–Crippen MR) is 104 cm³/mol. The summed E-state index contributed by atoms with van der Waals surface area (Å²) >= 11 is 0. The van der Waals surface area contributed by atoms with Crippen molar-refractivity contribution in [1.29, 1.82) is 0 Å². The molecule has 0 saturated carbocycles. The minimum Gasteiger partial charge on any atom is -0.487 e. The van der Waals surface area contributed by atoms with Crippen LogP contribution in [0.5, 0.6) is 5.75 Å². The van der Waals surface area contributed by atoms with Crippen LogP contribution in [0.4, 0.5) is 0 Å². The summed E-state index contributed by atoms with van der Waals surface area (Å²) in [6.07, 6.45) is 1.00. The van der Waals surface area contributed by atoms with E-state index in [1.165, 1.54) is 27.2 Å². The van der Waals surface area contributed by atoms with Crippen molar-refractivity contribution in [1.82, 2.24) is 0 Å². The lowest BCUT2D eigenvalue weighted by atomic mass is 9.87. The standard InChI is InChI=1S/C23H31NO/c1-22(2,3)20-12-10-17(11-13-20)15-24(6)16-19-9-7-8-18-14-23(4,5)25-21(18)19/h7-13H,14-16H2,1-6H3/p+1. The molecular weight excluding hydrogens is 306 g/mol. The van der Waals surface area contributed by atoms with Gasteiger partial charge in [-0.25, -0.2) is 0 Å². The maximum Gasteiger partial charge on any atom is 0.132 e. The fourth-order valence-corrected chi connectivity index (χ4v) is 3.68. The molecule has 2 nitrogen and oxygen atoms in total. The van der Waals surface area contributed by atoms with Crippen molar-refractivity contribution in [3.8, 4) is 5.75 Å². The molecule has 25 heavy (non-hydrogen) atoms. The Morgan fingerprint density at radius 2 is 1.68 bits per heavy atom. The average Bonchev–Trinajstić information content (AvgIpc) is 2.82. The first-order valence-electron chi connectivity index (χ1n) is 9.34. The van der Waals surface area contributed by atoms with E-state index in [2.05, 4.69) is 84.1 Å². The van der Waals surface area contributed by atoms with E-state index < -0.39 is 0 Å². The molecule has 1 unspecified atom stereocenters. The van der Waals surface area contributed by atoms with Crippen LogP contribution in [0.25, 0.3) is 0 Å². The average molecular weight is 339 g/mol. The van der Waals surface area contributed by atoms with Gasteiger partial charge in [0.2, 0.25) is 0 Å². The van der Waals surface area contributed by atoms with Gasteiger partial charge in [0, 0.05) is 17.5 Å². The van der Waals surface area contributed by atoms with Gasteiger partial charge < -0.3 is 9.64 Å². The fourth-order valence-electron chi connectivity index (χ4n) is 3.68. The van der Waals surface area contributed by atoms with Crippen molar-refractivity contribution < 1.29 is 9.64 Å². The van der Waals surface area contributed by atoms with Gasteiger partial charge in [0.05, 0.1) is 7.05 Å². The van der Waals surface area contributed by atoms with Crippen LogP contribution in [-0.4, -0.2) is 12.6 Å². The smallest absolute Gasteiger partial charge is 0.132 e. The molecule has 1 atom stereocenters. The molecule has 1 aliphatic rings. The van der Waals surface area contributed by atoms with E-state index in [4.69, 9.17) is 4.74 Å². The number of fused-ring (bicyclic) bond motifs is 1. The van der Waals surface area contributed by atoms with Crippen LogP contribution in [0.2, 0.25) is 0 Å². The van der Waals surface area contributed by atoms with Gasteiger partial charge in [0.15, 0.2) is 0 Å². The van der Waals surface area contributed by atoms with Crippen molar-refractivity contribution >= 4 is 0 Å². The van der Waals surface area contributed by atoms with Crippen LogP contribution in [-0.2, 0) is 24.9 Å². The number of rotatable bonds is 4. The van der Waals surface area contributed by atoms with Gasteiger partial charge in [-0.15, -0.1) is 0 Å². The first kappa shape index (κ1) is 18.0. The minimum absolute atomic E-state index is 0.0743. The van der Waals surface area contributed by atoms with Crippen LogP contribution >= 0.6 is 0 Å². The Morgan fingerprint density at radius 3 is 2.32 bits per heavy atom. The molecule has 2 heteroatoms. The number of hydrogen-bond acceptors (Lipinski definition) is 1. The molecule has 0 radical (unpaired) electrons. The van der Waals surface area contributed by atoms with Crippen LogP contribution in [0, 0.1) is 0 Å². The van der Waals surface area contributed by atoms with E-state index in [-0.39, 0.29) is 11.0 Å². The molecule has 0 saturated heterocycles. The second-order valence-electron chi connectivity index (χ2n) is 9.20. The second-order valence-corrected chi connectivity index (χ2v) is 9.20. The predicted octanol–water partition coefficient (Wildman–Crippen LogP) is 3.91. The van der Waals surface area contributed by atoms with Crippen molar-refractivity contribution in [2.24, 2.45) is 0 Å². The highest BCUT2D eigenvalue weighted by Gasteiger charge is 2.32. The summed E-state index contributed by atoms with van der Waals surface area (Å²) in [7, 11) is 2.26. The third kappa shape index (κ3) is 4.24. The molecule has 0 aliphatic carbocycles. The Labute approximate surface area is 152 Å². The highest BCUT2D eigenvalue weighted by molar-refractivity contribution is 5.45. The lowest BCUT2D eigenvalue weighted by Gasteiger charge is -2.21. The van der Waals surface area contributed by atoms with Crippen molar-refractivity contribution in [2.45, 2.75) is 65.1 Å². The lowest BCUT2D eigenvalue weighted by molar-refractivity contribution is -0.907. The summed E-state index contributed by atoms with van der Waals surface area (Å²) in [6, 6.07) is 15.7. The largest absolute Gasteiger partial charge is 0.487 e. The molecule has 1 N–H and O–H groups in total. The number of hydrogen-bond donors (Lipinski definition) is 1. The number of nitrogens with one attached hydrogen (secondary N) is 1. The SMILES string of the molecule is C[NH+](Cc1ccc(C(C)(C)C)cc1)Cc1cccc2c1OC(C)(C)C2. The molecule has 2 aromatic carbocycles. The van der Waals surface area contributed by atoms with Crippen LogP contribution in [0.3, 0.4) is 0 Å². The van der Waals surface area contributed by atoms with Crippen molar-refractivity contribution in [2.75, 3.05) is 7.05 Å². The molecule has 2 aromatic rings. The maximum atomic E-state index is 6.22. The molecule has 0 fully saturated rings. The molecule has 0 aromatic heterocycles. The summed E-state index contributed by atoms with van der Waals surface area (Å²) in [4.78, 5) is 1.48. The zero-order chi connectivity index (χ0) is 18.2. The van der Waals surface area contributed by atoms with Crippen LogP contribution in [0.15, 0.2) is 42.5 Å². The summed E-state index contributed by atoms with van der Waals surface area (Å²) in [5, 5.41) is 0. The van der Waals surface area contributed by atoms with Crippen LogP contribution < -0.4 is 9.64 Å². The highest BCUT2D eigenvalue weighted by Crippen LogP contribution is 2.37. The van der Waals surface area contributed by atoms with E-state index in [1.807, 2.05) is 0 Å². The van der Waals surface area contributed by atoms with Gasteiger partial charge in [0.1, 0.15) is 24.4 Å². The third-order valence-corrected chi connectivity index (χ3v) is 4.99. The quantitative estimate of drug-likeness (QED) is 0.892. The normalized spacial score (nSPS) is 17.0. The number of benzene rings is 2. The summed E-state index contributed by atoms with van der Waals surface area (Å²) < 4.78 is 6.22. The van der Waals surface area contributed by atoms with Crippen molar-refractivity contribution in [3.63, 3.8) is 0 Å². The van der Waals surface area contributed by atoms with Crippen molar-refractivity contribution in [3.05, 3.63) is 64.7 Å². The Hall–Kier alpha value is -1.80. The summed E-state index contributed by atoms with van der Waals surface area (Å²) in [5.74, 6) is 1.12. The highest BCUT2D eigenvalue weighted by atomic mass is 16.5. The van der Waals surface area contributed by atoms with E-state index in [0.717, 1.165) is 25.3 Å². The fraction of sp³-hybridized carbons (Fsp3) is 0.478. The monoisotopic (exact) mass is 338 g/mol. The summed E-state index contributed by atoms with van der Waals surface area (Å²) in [6.45, 7) is 13.1. The Morgan fingerprint density at radius 1 is 1.00 bits per heavy atom. The topological polar surface area (TPSA) is 13.7 Å². The molecule has 134 valence electrons. The first-order valence-corrected chi connectivity index (χ1v) is 9.34. The molecular formula is C23H32NO+. The van der Waals surface area contributed by atoms with Gasteiger partial charge in [0.25, 0.3) is 0 Å². The third-order valence-electron chi connectivity index (χ3n) is 4.99. The Bertz CT molecular complexity index is 738. The zero-order valence-electron chi connectivity index (χ0n) is 16.6. The van der Waals surface area contributed by atoms with E-state index in [1.54, 1.807) is 0 Å². The Balaban J connectivity index is 1.68. The first-order chi connectivity index (χ1) is 11.6. The molecule has 3 rings (SSSR count). The van der Waals surface area contributed by atoms with E-state index >= 15 is 0 Å². The van der Waals surface area contributed by atoms with Gasteiger partial charge in [-0.2, -0.15) is 0 Å². The molecule has 1 heterocycles. The zero-order valence-corrected chi connectivity index (χ0v) is 16.6. The van der Waals surface area contributed by atoms with E-state index in [9.17, 15) is 0 Å². The number of quaternary nitrogens is 1. The second kappa shape index (κ2) is 6.49. The maximum absolute atomic E-state index is 6.22. The summed E-state index contributed by atoms with van der Waals surface area (Å²) in [5.41, 5.74) is 5.60. The van der Waals surface area contributed by atoms with Gasteiger partial charge in [-0.05, 0) is 36.5 Å². The van der Waals surface area contributed by atoms with E-state index in [0.29, 0.717) is 0 Å². The van der Waals surface area contributed by atoms with Gasteiger partial charge in [-0.1, -0.05) is 57.2 Å². The molecule has 0 amide bonds. The molecule has 0 spiro atoms. The number of para-hydroxylation sites is 1. The van der Waals surface area contributed by atoms with Gasteiger partial charge in [-0.3, -0.25) is 0 Å². The number of ether oxygens (including phenoxy) is 1. The minimum atomic E-state index is -0.0743. The van der Waals surface area contributed by atoms with Gasteiger partial charge >= 0.3 is 0 Å². The van der Waals surface area contributed by atoms with Crippen LogP contribution in [0.1, 0.15) is 56.9 Å².